The summed E-state index contributed by atoms with van der Waals surface area (Å²) in [5.41, 5.74) is 2.51. The van der Waals surface area contributed by atoms with E-state index in [1.165, 1.54) is 5.56 Å². The van der Waals surface area contributed by atoms with E-state index < -0.39 is 5.41 Å². The first-order valence-corrected chi connectivity index (χ1v) is 12.1. The summed E-state index contributed by atoms with van der Waals surface area (Å²) < 4.78 is 1.15. The maximum Gasteiger partial charge on any atom is 0.230 e. The van der Waals surface area contributed by atoms with Gasteiger partial charge in [-0.1, -0.05) is 42.5 Å². The number of likely N-dealkylation sites (N-methyl/N-ethyl adjacent to an activating group) is 1. The number of amides is 1. The van der Waals surface area contributed by atoms with Crippen molar-refractivity contribution in [2.75, 3.05) is 20.6 Å². The number of fused-ring (bicyclic) bond motifs is 1. The lowest BCUT2D eigenvalue weighted by Crippen LogP contribution is -2.46. The van der Waals surface area contributed by atoms with Crippen molar-refractivity contribution in [1.82, 2.24) is 15.2 Å². The van der Waals surface area contributed by atoms with Crippen LogP contribution in [0.4, 0.5) is 0 Å². The molecule has 4 aromatic rings. The molecule has 2 aromatic carbocycles. The zero-order valence-electron chi connectivity index (χ0n) is 18.0. The van der Waals surface area contributed by atoms with Gasteiger partial charge in [0.15, 0.2) is 0 Å². The van der Waals surface area contributed by atoms with Crippen LogP contribution in [0.25, 0.3) is 10.2 Å². The number of aromatic nitrogens is 1. The fourth-order valence-electron chi connectivity index (χ4n) is 3.87. The van der Waals surface area contributed by atoms with Crippen LogP contribution < -0.4 is 5.32 Å². The third-order valence-electron chi connectivity index (χ3n) is 5.76. The first-order valence-electron chi connectivity index (χ1n) is 10.3. The molecule has 0 saturated carbocycles. The zero-order chi connectivity index (χ0) is 21.8. The normalized spacial score (nSPS) is 14.5. The van der Waals surface area contributed by atoms with Crippen molar-refractivity contribution >= 4 is 38.8 Å². The Balaban J connectivity index is 1.60. The van der Waals surface area contributed by atoms with Crippen LogP contribution in [0.3, 0.4) is 0 Å². The number of thiophene rings is 1. The van der Waals surface area contributed by atoms with E-state index in [0.717, 1.165) is 20.8 Å². The Hall–Kier alpha value is -2.54. The molecule has 31 heavy (non-hydrogen) atoms. The molecule has 0 fully saturated rings. The lowest BCUT2D eigenvalue weighted by molar-refractivity contribution is -0.126. The summed E-state index contributed by atoms with van der Waals surface area (Å²) in [5, 5.41) is 8.45. The summed E-state index contributed by atoms with van der Waals surface area (Å²) in [4.78, 5) is 20.6. The number of benzene rings is 2. The molecule has 0 unspecified atom stereocenters. The second kappa shape index (κ2) is 9.30. The molecule has 1 N–H and O–H groups in total. The topological polar surface area (TPSA) is 45.2 Å². The van der Waals surface area contributed by atoms with Gasteiger partial charge in [-0.2, -0.15) is 11.3 Å². The predicted octanol–water partition coefficient (Wildman–Crippen LogP) is 5.28. The van der Waals surface area contributed by atoms with Gasteiger partial charge in [-0.05, 0) is 61.1 Å². The van der Waals surface area contributed by atoms with Gasteiger partial charge in [0.1, 0.15) is 0 Å². The van der Waals surface area contributed by atoms with E-state index >= 15 is 0 Å². The standard InChI is InChI=1S/C25H27N3OS2/c1-25(19-9-5-4-6-10-19,15-23-27-20-11-7-8-12-22(20)31-23)24(29)26-16-21(28(2)3)18-13-14-30-17-18/h4-14,17,21H,15-16H2,1-3H3,(H,26,29)/t21-,25-/m0/s1. The van der Waals surface area contributed by atoms with Crippen molar-refractivity contribution in [3.8, 4) is 0 Å². The average molecular weight is 450 g/mol. The molecule has 2 atom stereocenters. The summed E-state index contributed by atoms with van der Waals surface area (Å²) in [5.74, 6) is 0.0278. The minimum atomic E-state index is -0.708. The quantitative estimate of drug-likeness (QED) is 0.398. The minimum absolute atomic E-state index is 0.0278. The van der Waals surface area contributed by atoms with Crippen LogP contribution in [0.5, 0.6) is 0 Å². The maximum absolute atomic E-state index is 13.6. The largest absolute Gasteiger partial charge is 0.353 e. The SMILES string of the molecule is CN(C)[C@@H](CNC(=O)[C@@](C)(Cc1nc2ccccc2s1)c1ccccc1)c1ccsc1. The van der Waals surface area contributed by atoms with E-state index in [4.69, 9.17) is 4.98 Å². The molecule has 160 valence electrons. The summed E-state index contributed by atoms with van der Waals surface area (Å²) in [6, 6.07) is 20.4. The molecule has 0 aliphatic heterocycles. The van der Waals surface area contributed by atoms with Gasteiger partial charge in [0.25, 0.3) is 0 Å². The Kier molecular flexibility index (Phi) is 6.51. The van der Waals surface area contributed by atoms with Crippen LogP contribution in [0.2, 0.25) is 0 Å². The predicted molar refractivity (Wildman–Crippen MR) is 131 cm³/mol. The van der Waals surface area contributed by atoms with Crippen LogP contribution in [-0.2, 0) is 16.6 Å². The number of hydrogen-bond acceptors (Lipinski definition) is 5. The minimum Gasteiger partial charge on any atom is -0.353 e. The van der Waals surface area contributed by atoms with Gasteiger partial charge in [0.05, 0.1) is 26.7 Å². The monoisotopic (exact) mass is 449 g/mol. The van der Waals surface area contributed by atoms with Crippen LogP contribution in [0, 0.1) is 0 Å². The highest BCUT2D eigenvalue weighted by molar-refractivity contribution is 7.18. The molecule has 0 aliphatic carbocycles. The first kappa shape index (κ1) is 21.7. The van der Waals surface area contributed by atoms with Crippen LogP contribution in [0.15, 0.2) is 71.4 Å². The van der Waals surface area contributed by atoms with E-state index in [1.54, 1.807) is 22.7 Å². The van der Waals surface area contributed by atoms with E-state index in [2.05, 4.69) is 33.1 Å². The molecule has 4 nitrogen and oxygen atoms in total. The van der Waals surface area contributed by atoms with Crippen LogP contribution >= 0.6 is 22.7 Å². The number of carbonyl (C=O) groups is 1. The van der Waals surface area contributed by atoms with Crippen LogP contribution in [0.1, 0.15) is 29.1 Å². The first-order chi connectivity index (χ1) is 15.0. The van der Waals surface area contributed by atoms with E-state index in [-0.39, 0.29) is 11.9 Å². The molecule has 0 aliphatic rings. The number of hydrogen-bond donors (Lipinski definition) is 1. The summed E-state index contributed by atoms with van der Waals surface area (Å²) in [7, 11) is 4.10. The molecular formula is C25H27N3OS2. The Labute approximate surface area is 191 Å². The van der Waals surface area contributed by atoms with E-state index in [1.807, 2.05) is 69.6 Å². The summed E-state index contributed by atoms with van der Waals surface area (Å²) in [6.07, 6.45) is 0.563. The molecule has 6 heteroatoms. The zero-order valence-corrected chi connectivity index (χ0v) is 19.7. The molecule has 0 saturated heterocycles. The molecule has 0 bridgehead atoms. The lowest BCUT2D eigenvalue weighted by Gasteiger charge is -2.30. The third-order valence-corrected chi connectivity index (χ3v) is 7.50. The third kappa shape index (κ3) is 4.71. The molecule has 0 radical (unpaired) electrons. The van der Waals surface area contributed by atoms with Crippen molar-refractivity contribution in [2.45, 2.75) is 24.8 Å². The smallest absolute Gasteiger partial charge is 0.230 e. The number of carbonyl (C=O) groups excluding carboxylic acids is 1. The highest BCUT2D eigenvalue weighted by atomic mass is 32.1. The Morgan fingerprint density at radius 2 is 1.84 bits per heavy atom. The molecule has 4 rings (SSSR count). The lowest BCUT2D eigenvalue weighted by atomic mass is 9.78. The average Bonchev–Trinajstić information content (AvgIpc) is 3.43. The van der Waals surface area contributed by atoms with Gasteiger partial charge < -0.3 is 10.2 Å². The fraction of sp³-hybridized carbons (Fsp3) is 0.280. The summed E-state index contributed by atoms with van der Waals surface area (Å²) in [6.45, 7) is 2.59. The highest BCUT2D eigenvalue weighted by Gasteiger charge is 2.37. The second-order valence-electron chi connectivity index (χ2n) is 8.20. The number of nitrogens with one attached hydrogen (secondary N) is 1. The molecular weight excluding hydrogens is 422 g/mol. The Morgan fingerprint density at radius 1 is 1.10 bits per heavy atom. The fourth-order valence-corrected chi connectivity index (χ4v) is 5.70. The van der Waals surface area contributed by atoms with E-state index in [0.29, 0.717) is 13.0 Å². The van der Waals surface area contributed by atoms with Crippen molar-refractivity contribution in [1.29, 1.82) is 0 Å². The van der Waals surface area contributed by atoms with Gasteiger partial charge >= 0.3 is 0 Å². The van der Waals surface area contributed by atoms with Crippen molar-refractivity contribution in [2.24, 2.45) is 0 Å². The Morgan fingerprint density at radius 3 is 2.52 bits per heavy atom. The number of rotatable bonds is 8. The number of para-hydroxylation sites is 1. The molecule has 0 spiro atoms. The second-order valence-corrected chi connectivity index (χ2v) is 10.1. The molecule has 2 aromatic heterocycles. The van der Waals surface area contributed by atoms with Crippen molar-refractivity contribution in [3.05, 3.63) is 87.6 Å². The molecule has 1 amide bonds. The Bertz CT molecular complexity index is 1110. The van der Waals surface area contributed by atoms with E-state index in [9.17, 15) is 4.79 Å². The number of thiazole rings is 1. The molecule has 2 heterocycles. The van der Waals surface area contributed by atoms with Gasteiger partial charge in [-0.3, -0.25) is 4.79 Å². The van der Waals surface area contributed by atoms with Gasteiger partial charge in [0, 0.05) is 13.0 Å². The van der Waals surface area contributed by atoms with Crippen molar-refractivity contribution < 1.29 is 4.79 Å². The van der Waals surface area contributed by atoms with Crippen LogP contribution in [-0.4, -0.2) is 36.4 Å². The highest BCUT2D eigenvalue weighted by Crippen LogP contribution is 2.32. The van der Waals surface area contributed by atoms with Gasteiger partial charge in [0.2, 0.25) is 5.91 Å². The summed E-state index contributed by atoms with van der Waals surface area (Å²) >= 11 is 3.35. The maximum atomic E-state index is 13.6. The van der Waals surface area contributed by atoms with Gasteiger partial charge in [-0.25, -0.2) is 4.98 Å². The van der Waals surface area contributed by atoms with Gasteiger partial charge in [-0.15, -0.1) is 11.3 Å². The van der Waals surface area contributed by atoms with Crippen molar-refractivity contribution in [3.63, 3.8) is 0 Å². The number of nitrogens with zero attached hydrogens (tertiary/aromatic N) is 2.